The lowest BCUT2D eigenvalue weighted by Gasteiger charge is -2.18. The molecule has 0 radical (unpaired) electrons. The number of anilines is 1. The summed E-state index contributed by atoms with van der Waals surface area (Å²) < 4.78 is 46.7. The highest BCUT2D eigenvalue weighted by atomic mass is 19.4. The quantitative estimate of drug-likeness (QED) is 0.873. The van der Waals surface area contributed by atoms with Gasteiger partial charge in [-0.15, -0.1) is 13.2 Å². The Morgan fingerprint density at radius 1 is 1.12 bits per heavy atom. The molecule has 1 aromatic heterocycles. The molecule has 1 N–H and O–H groups in total. The zero-order valence-corrected chi connectivity index (χ0v) is 13.8. The molecule has 8 heteroatoms. The Morgan fingerprint density at radius 3 is 2.69 bits per heavy atom. The predicted octanol–water partition coefficient (Wildman–Crippen LogP) is 3.88. The van der Waals surface area contributed by atoms with E-state index in [2.05, 4.69) is 15.0 Å². The van der Waals surface area contributed by atoms with Crippen molar-refractivity contribution in [2.24, 2.45) is 0 Å². The molecule has 0 aliphatic heterocycles. The number of aromatic nitrogens is 1. The van der Waals surface area contributed by atoms with Gasteiger partial charge in [0.1, 0.15) is 5.75 Å². The Balaban J connectivity index is 1.64. The third-order valence-corrected chi connectivity index (χ3v) is 3.94. The number of rotatable bonds is 5. The lowest BCUT2D eigenvalue weighted by atomic mass is 9.95. The smallest absolute Gasteiger partial charge is 0.483 e. The van der Waals surface area contributed by atoms with Crippen molar-refractivity contribution in [3.05, 3.63) is 47.8 Å². The maximum Gasteiger partial charge on any atom is 0.573 e. The highest BCUT2D eigenvalue weighted by Crippen LogP contribution is 2.30. The number of ether oxygens (including phenoxy) is 2. The van der Waals surface area contributed by atoms with E-state index in [1.54, 1.807) is 12.3 Å². The van der Waals surface area contributed by atoms with Crippen LogP contribution in [0.4, 0.5) is 18.9 Å². The standard InChI is InChI=1S/C18H17F3N2O3/c19-18(20,21)26-16-8-4-3-7-14(16)23-17(24)11-25-15-9-10-22-13-6-2-1-5-12(13)15/h3-4,7-10H,1-2,5-6,11H2,(H,23,24). The molecular weight excluding hydrogens is 349 g/mol. The predicted molar refractivity (Wildman–Crippen MR) is 88.1 cm³/mol. The maximum absolute atomic E-state index is 12.4. The largest absolute Gasteiger partial charge is 0.573 e. The minimum absolute atomic E-state index is 0.0739. The number of alkyl halides is 3. The van der Waals surface area contributed by atoms with Gasteiger partial charge in [0.05, 0.1) is 5.69 Å². The molecule has 0 bridgehead atoms. The maximum atomic E-state index is 12.4. The molecule has 0 unspecified atom stereocenters. The number of benzene rings is 1. The topological polar surface area (TPSA) is 60.5 Å². The molecule has 138 valence electrons. The summed E-state index contributed by atoms with van der Waals surface area (Å²) in [5.41, 5.74) is 1.89. The minimum atomic E-state index is -4.84. The zero-order valence-electron chi connectivity index (χ0n) is 13.8. The molecule has 0 saturated heterocycles. The van der Waals surface area contributed by atoms with E-state index in [-0.39, 0.29) is 12.3 Å². The van der Waals surface area contributed by atoms with E-state index in [0.717, 1.165) is 43.0 Å². The van der Waals surface area contributed by atoms with Crippen molar-refractivity contribution < 1.29 is 27.4 Å². The number of amides is 1. The molecule has 1 heterocycles. The number of hydrogen-bond donors (Lipinski definition) is 1. The Hall–Kier alpha value is -2.77. The van der Waals surface area contributed by atoms with Crippen molar-refractivity contribution in [3.63, 3.8) is 0 Å². The SMILES string of the molecule is O=C(COc1ccnc2c1CCCC2)Nc1ccccc1OC(F)(F)F. The van der Waals surface area contributed by atoms with Gasteiger partial charge in [-0.3, -0.25) is 9.78 Å². The lowest BCUT2D eigenvalue weighted by Crippen LogP contribution is -2.23. The van der Waals surface area contributed by atoms with Crippen molar-refractivity contribution >= 4 is 11.6 Å². The number of carbonyl (C=O) groups is 1. The fourth-order valence-electron chi connectivity index (χ4n) is 2.84. The van der Waals surface area contributed by atoms with Crippen LogP contribution in [0, 0.1) is 0 Å². The van der Waals surface area contributed by atoms with Crippen LogP contribution in [-0.4, -0.2) is 23.9 Å². The van der Waals surface area contributed by atoms with Crippen molar-refractivity contribution in [1.29, 1.82) is 0 Å². The van der Waals surface area contributed by atoms with Crippen LogP contribution in [0.5, 0.6) is 11.5 Å². The van der Waals surface area contributed by atoms with Crippen LogP contribution in [0.3, 0.4) is 0 Å². The van der Waals surface area contributed by atoms with Crippen molar-refractivity contribution in [2.75, 3.05) is 11.9 Å². The highest BCUT2D eigenvalue weighted by molar-refractivity contribution is 5.93. The molecule has 0 saturated carbocycles. The summed E-state index contributed by atoms with van der Waals surface area (Å²) in [6, 6.07) is 7.03. The lowest BCUT2D eigenvalue weighted by molar-refractivity contribution is -0.274. The number of fused-ring (bicyclic) bond motifs is 1. The number of aryl methyl sites for hydroxylation is 1. The van der Waals surface area contributed by atoms with E-state index in [9.17, 15) is 18.0 Å². The van der Waals surface area contributed by atoms with Crippen LogP contribution < -0.4 is 14.8 Å². The second-order valence-corrected chi connectivity index (χ2v) is 5.82. The van der Waals surface area contributed by atoms with Crippen molar-refractivity contribution in [3.8, 4) is 11.5 Å². The summed E-state index contributed by atoms with van der Waals surface area (Å²) in [7, 11) is 0. The average Bonchev–Trinajstić information content (AvgIpc) is 2.60. The number of pyridine rings is 1. The van der Waals surface area contributed by atoms with Crippen LogP contribution >= 0.6 is 0 Å². The van der Waals surface area contributed by atoms with Gasteiger partial charge >= 0.3 is 6.36 Å². The van der Waals surface area contributed by atoms with E-state index in [4.69, 9.17) is 4.74 Å². The van der Waals surface area contributed by atoms with E-state index in [1.165, 1.54) is 18.2 Å². The van der Waals surface area contributed by atoms with E-state index < -0.39 is 18.0 Å². The number of hydrogen-bond acceptors (Lipinski definition) is 4. The molecule has 0 spiro atoms. The van der Waals surface area contributed by atoms with Gasteiger partial charge in [-0.05, 0) is 43.9 Å². The van der Waals surface area contributed by atoms with Gasteiger partial charge in [0, 0.05) is 17.5 Å². The van der Waals surface area contributed by atoms with Gasteiger partial charge in [0.15, 0.2) is 12.4 Å². The monoisotopic (exact) mass is 366 g/mol. The van der Waals surface area contributed by atoms with Gasteiger partial charge in [0.25, 0.3) is 5.91 Å². The number of carbonyl (C=O) groups excluding carboxylic acids is 1. The molecule has 1 amide bonds. The van der Waals surface area contributed by atoms with Crippen LogP contribution in [-0.2, 0) is 17.6 Å². The molecule has 1 aromatic carbocycles. The summed E-state index contributed by atoms with van der Waals surface area (Å²) >= 11 is 0. The second kappa shape index (κ2) is 7.63. The normalized spacial score (nSPS) is 13.7. The molecule has 3 rings (SSSR count). The summed E-state index contributed by atoms with van der Waals surface area (Å²) in [5, 5.41) is 2.38. The Bertz CT molecular complexity index is 793. The van der Waals surface area contributed by atoms with Gasteiger partial charge in [-0.25, -0.2) is 0 Å². The summed E-state index contributed by atoms with van der Waals surface area (Å²) in [5.74, 6) is -0.469. The summed E-state index contributed by atoms with van der Waals surface area (Å²) in [4.78, 5) is 16.4. The first-order chi connectivity index (χ1) is 12.4. The fraction of sp³-hybridized carbons (Fsp3) is 0.333. The number of para-hydroxylation sites is 2. The first-order valence-corrected chi connectivity index (χ1v) is 8.16. The van der Waals surface area contributed by atoms with E-state index >= 15 is 0 Å². The van der Waals surface area contributed by atoms with Gasteiger partial charge in [-0.1, -0.05) is 12.1 Å². The number of nitrogens with zero attached hydrogens (tertiary/aromatic N) is 1. The summed E-state index contributed by atoms with van der Waals surface area (Å²) in [6.07, 6.45) is 0.601. The van der Waals surface area contributed by atoms with Crippen LogP contribution in [0.2, 0.25) is 0 Å². The van der Waals surface area contributed by atoms with Crippen LogP contribution in [0.25, 0.3) is 0 Å². The Kier molecular flexibility index (Phi) is 5.29. The highest BCUT2D eigenvalue weighted by Gasteiger charge is 2.32. The van der Waals surface area contributed by atoms with E-state index in [0.29, 0.717) is 5.75 Å². The number of nitrogens with one attached hydrogen (secondary N) is 1. The van der Waals surface area contributed by atoms with Crippen molar-refractivity contribution in [1.82, 2.24) is 4.98 Å². The molecule has 2 aromatic rings. The second-order valence-electron chi connectivity index (χ2n) is 5.82. The third kappa shape index (κ3) is 4.65. The molecule has 0 fully saturated rings. The molecular formula is C18H17F3N2O3. The van der Waals surface area contributed by atoms with Crippen LogP contribution in [0.15, 0.2) is 36.5 Å². The molecule has 1 aliphatic rings. The number of halogens is 3. The first kappa shape index (κ1) is 18.0. The van der Waals surface area contributed by atoms with Gasteiger partial charge in [0.2, 0.25) is 0 Å². The Labute approximate surface area is 148 Å². The Morgan fingerprint density at radius 2 is 1.88 bits per heavy atom. The first-order valence-electron chi connectivity index (χ1n) is 8.16. The molecule has 0 atom stereocenters. The molecule has 1 aliphatic carbocycles. The third-order valence-electron chi connectivity index (χ3n) is 3.94. The average molecular weight is 366 g/mol. The van der Waals surface area contributed by atoms with Crippen LogP contribution in [0.1, 0.15) is 24.1 Å². The molecule has 5 nitrogen and oxygen atoms in total. The van der Waals surface area contributed by atoms with Gasteiger partial charge in [-0.2, -0.15) is 0 Å². The fourth-order valence-corrected chi connectivity index (χ4v) is 2.84. The minimum Gasteiger partial charge on any atom is -0.483 e. The van der Waals surface area contributed by atoms with Gasteiger partial charge < -0.3 is 14.8 Å². The molecule has 26 heavy (non-hydrogen) atoms. The summed E-state index contributed by atoms with van der Waals surface area (Å²) in [6.45, 7) is -0.323. The van der Waals surface area contributed by atoms with E-state index in [1.807, 2.05) is 0 Å². The van der Waals surface area contributed by atoms with Crippen molar-refractivity contribution in [2.45, 2.75) is 32.0 Å². The zero-order chi connectivity index (χ0) is 18.6.